The molecule has 1 saturated carbocycles. The van der Waals surface area contributed by atoms with Gasteiger partial charge >= 0.3 is 0 Å². The van der Waals surface area contributed by atoms with Crippen molar-refractivity contribution in [2.24, 2.45) is 0 Å². The monoisotopic (exact) mass is 352 g/mol. The van der Waals surface area contributed by atoms with Crippen LogP contribution in [0.25, 0.3) is 11.1 Å². The summed E-state index contributed by atoms with van der Waals surface area (Å²) in [6.45, 7) is 0.578. The van der Waals surface area contributed by atoms with Crippen LogP contribution in [-0.4, -0.2) is 39.3 Å². The van der Waals surface area contributed by atoms with E-state index in [-0.39, 0.29) is 11.4 Å². The molecule has 1 fully saturated rings. The number of amides is 1. The van der Waals surface area contributed by atoms with Crippen molar-refractivity contribution in [1.82, 2.24) is 5.32 Å². The predicted octanol–water partition coefficient (Wildman–Crippen LogP) is 4.11. The Bertz CT molecular complexity index is 747. The molecule has 26 heavy (non-hydrogen) atoms. The topological polar surface area (TPSA) is 41.6 Å². The van der Waals surface area contributed by atoms with Crippen LogP contribution in [0, 0.1) is 0 Å². The van der Waals surface area contributed by atoms with Gasteiger partial charge in [-0.2, -0.15) is 0 Å². The molecule has 4 heteroatoms. The van der Waals surface area contributed by atoms with Crippen LogP contribution >= 0.6 is 0 Å². The first-order chi connectivity index (χ1) is 12.5. The van der Waals surface area contributed by atoms with E-state index in [1.165, 1.54) is 0 Å². The lowest BCUT2D eigenvalue weighted by atomic mass is 9.97. The third kappa shape index (κ3) is 4.07. The van der Waals surface area contributed by atoms with Gasteiger partial charge < -0.3 is 15.0 Å². The summed E-state index contributed by atoms with van der Waals surface area (Å²) in [5, 5.41) is 3.22. The summed E-state index contributed by atoms with van der Waals surface area (Å²) >= 11 is 0. The van der Waals surface area contributed by atoms with Gasteiger partial charge in [-0.25, -0.2) is 0 Å². The molecule has 3 rings (SSSR count). The van der Waals surface area contributed by atoms with Crippen LogP contribution in [-0.2, 0) is 4.74 Å². The van der Waals surface area contributed by atoms with Crippen LogP contribution in [0.15, 0.2) is 48.5 Å². The first-order valence-corrected chi connectivity index (χ1v) is 9.22. The highest BCUT2D eigenvalue weighted by Gasteiger charge is 2.35. The number of rotatable bonds is 6. The molecular weight excluding hydrogens is 324 g/mol. The number of carbonyl (C=O) groups is 1. The highest BCUT2D eigenvalue weighted by atomic mass is 16.5. The second-order valence-corrected chi connectivity index (χ2v) is 7.40. The fourth-order valence-corrected chi connectivity index (χ4v) is 3.72. The summed E-state index contributed by atoms with van der Waals surface area (Å²) in [6, 6.07) is 16.2. The molecule has 4 nitrogen and oxygen atoms in total. The predicted molar refractivity (Wildman–Crippen MR) is 107 cm³/mol. The van der Waals surface area contributed by atoms with E-state index in [2.05, 4.69) is 34.5 Å². The minimum atomic E-state index is -0.204. The molecule has 1 aliphatic carbocycles. The Morgan fingerprint density at radius 3 is 2.38 bits per heavy atom. The summed E-state index contributed by atoms with van der Waals surface area (Å²) in [5.41, 5.74) is 3.91. The minimum Gasteiger partial charge on any atom is -0.382 e. The van der Waals surface area contributed by atoms with E-state index in [0.717, 1.165) is 42.5 Å². The summed E-state index contributed by atoms with van der Waals surface area (Å²) in [4.78, 5) is 14.8. The Morgan fingerprint density at radius 2 is 1.77 bits per heavy atom. The van der Waals surface area contributed by atoms with Crippen molar-refractivity contribution < 1.29 is 9.53 Å². The number of methoxy groups -OCH3 is 1. The lowest BCUT2D eigenvalue weighted by Gasteiger charge is -2.29. The number of benzene rings is 2. The number of anilines is 1. The summed E-state index contributed by atoms with van der Waals surface area (Å²) < 4.78 is 5.35. The Labute approximate surface area is 156 Å². The Morgan fingerprint density at radius 1 is 1.08 bits per heavy atom. The van der Waals surface area contributed by atoms with Crippen molar-refractivity contribution in [3.05, 3.63) is 54.1 Å². The molecule has 1 amide bonds. The molecule has 1 N–H and O–H groups in total. The van der Waals surface area contributed by atoms with Crippen molar-refractivity contribution in [1.29, 1.82) is 0 Å². The molecule has 0 spiro atoms. The Kier molecular flexibility index (Phi) is 5.62. The zero-order valence-electron chi connectivity index (χ0n) is 15.9. The second kappa shape index (κ2) is 7.92. The standard InChI is InChI=1S/C22H28N2O2/c1-24(2)20-8-6-7-19(15-20)17-9-11-18(12-10-17)21(25)23-22(16-26-3)13-4-5-14-22/h6-12,15H,4-5,13-14,16H2,1-3H3,(H,23,25). The fourth-order valence-electron chi connectivity index (χ4n) is 3.72. The van der Waals surface area contributed by atoms with Crippen molar-refractivity contribution in [3.63, 3.8) is 0 Å². The maximum Gasteiger partial charge on any atom is 0.251 e. The molecule has 1 aliphatic rings. The van der Waals surface area contributed by atoms with Crippen molar-refractivity contribution in [2.45, 2.75) is 31.2 Å². The quantitative estimate of drug-likeness (QED) is 0.851. The molecular formula is C22H28N2O2. The van der Waals surface area contributed by atoms with Gasteiger partial charge in [-0.05, 0) is 48.2 Å². The molecule has 0 saturated heterocycles. The van der Waals surface area contributed by atoms with Gasteiger partial charge in [-0.1, -0.05) is 37.1 Å². The fraction of sp³-hybridized carbons (Fsp3) is 0.409. The smallest absolute Gasteiger partial charge is 0.251 e. The van der Waals surface area contributed by atoms with Gasteiger partial charge in [-0.15, -0.1) is 0 Å². The minimum absolute atomic E-state index is 0.0162. The van der Waals surface area contributed by atoms with E-state index in [4.69, 9.17) is 4.74 Å². The van der Waals surface area contributed by atoms with Gasteiger partial charge in [-0.3, -0.25) is 4.79 Å². The van der Waals surface area contributed by atoms with Crippen LogP contribution in [0.4, 0.5) is 5.69 Å². The average molecular weight is 352 g/mol. The number of hydrogen-bond acceptors (Lipinski definition) is 3. The third-order valence-corrected chi connectivity index (χ3v) is 5.20. The van der Waals surface area contributed by atoms with Crippen LogP contribution in [0.2, 0.25) is 0 Å². The molecule has 0 radical (unpaired) electrons. The third-order valence-electron chi connectivity index (χ3n) is 5.20. The van der Waals surface area contributed by atoms with Crippen molar-refractivity contribution in [2.75, 3.05) is 32.7 Å². The summed E-state index contributed by atoms with van der Waals surface area (Å²) in [6.07, 6.45) is 4.26. The van der Waals surface area contributed by atoms with E-state index in [0.29, 0.717) is 12.2 Å². The van der Waals surface area contributed by atoms with Crippen molar-refractivity contribution >= 4 is 11.6 Å². The molecule has 2 aromatic carbocycles. The SMILES string of the molecule is COCC1(NC(=O)c2ccc(-c3cccc(N(C)C)c3)cc2)CCCC1. The Hall–Kier alpha value is -2.33. The zero-order valence-corrected chi connectivity index (χ0v) is 15.9. The van der Waals surface area contributed by atoms with Crippen molar-refractivity contribution in [3.8, 4) is 11.1 Å². The van der Waals surface area contributed by atoms with Crippen LogP contribution in [0.1, 0.15) is 36.0 Å². The molecule has 0 aromatic heterocycles. The zero-order chi connectivity index (χ0) is 18.6. The second-order valence-electron chi connectivity index (χ2n) is 7.40. The van der Waals surface area contributed by atoms with Gasteiger partial charge in [0.25, 0.3) is 5.91 Å². The van der Waals surface area contributed by atoms with Gasteiger partial charge in [0.2, 0.25) is 0 Å². The van der Waals surface area contributed by atoms with E-state index in [1.807, 2.05) is 38.4 Å². The number of nitrogens with zero attached hydrogens (tertiary/aromatic N) is 1. The lowest BCUT2D eigenvalue weighted by Crippen LogP contribution is -2.49. The summed E-state index contributed by atoms with van der Waals surface area (Å²) in [7, 11) is 5.76. The Balaban J connectivity index is 1.75. The van der Waals surface area contributed by atoms with Gasteiger partial charge in [0.15, 0.2) is 0 Å². The molecule has 0 heterocycles. The first kappa shape index (κ1) is 18.5. The molecule has 0 bridgehead atoms. The number of carbonyl (C=O) groups excluding carboxylic acids is 1. The van der Waals surface area contributed by atoms with Gasteiger partial charge in [0.05, 0.1) is 12.1 Å². The average Bonchev–Trinajstić information content (AvgIpc) is 3.10. The number of ether oxygens (including phenoxy) is 1. The molecule has 0 atom stereocenters. The number of nitrogens with one attached hydrogen (secondary N) is 1. The van der Waals surface area contributed by atoms with Gasteiger partial charge in [0.1, 0.15) is 0 Å². The molecule has 0 aliphatic heterocycles. The van der Waals surface area contributed by atoms with Gasteiger partial charge in [0, 0.05) is 32.5 Å². The van der Waals surface area contributed by atoms with E-state index in [1.54, 1.807) is 7.11 Å². The maximum atomic E-state index is 12.7. The normalized spacial score (nSPS) is 15.7. The number of hydrogen-bond donors (Lipinski definition) is 1. The van der Waals surface area contributed by atoms with Crippen LogP contribution in [0.5, 0.6) is 0 Å². The van der Waals surface area contributed by atoms with E-state index < -0.39 is 0 Å². The first-order valence-electron chi connectivity index (χ1n) is 9.22. The van der Waals surface area contributed by atoms with E-state index >= 15 is 0 Å². The largest absolute Gasteiger partial charge is 0.382 e. The van der Waals surface area contributed by atoms with E-state index in [9.17, 15) is 4.79 Å². The summed E-state index contributed by atoms with van der Waals surface area (Å²) in [5.74, 6) is -0.0162. The lowest BCUT2D eigenvalue weighted by molar-refractivity contribution is 0.0767. The molecule has 0 unspecified atom stereocenters. The molecule has 2 aromatic rings. The molecule has 138 valence electrons. The van der Waals surface area contributed by atoms with Crippen LogP contribution in [0.3, 0.4) is 0 Å². The van der Waals surface area contributed by atoms with Crippen LogP contribution < -0.4 is 10.2 Å². The maximum absolute atomic E-state index is 12.7. The highest BCUT2D eigenvalue weighted by Crippen LogP contribution is 2.30. The highest BCUT2D eigenvalue weighted by molar-refractivity contribution is 5.95.